The van der Waals surface area contributed by atoms with Crippen molar-refractivity contribution in [1.82, 2.24) is 4.98 Å². The number of pyridine rings is 1. The van der Waals surface area contributed by atoms with E-state index in [-0.39, 0.29) is 0 Å². The molecular formula is C18H16ClNO. The van der Waals surface area contributed by atoms with Crippen LogP contribution < -0.4 is 4.74 Å². The predicted molar refractivity (Wildman–Crippen MR) is 87.5 cm³/mol. The molecule has 0 aliphatic carbocycles. The smallest absolute Gasteiger partial charge is 0.138 e. The molecule has 3 heteroatoms. The minimum atomic E-state index is 0.744. The van der Waals surface area contributed by atoms with Crippen LogP contribution in [0.3, 0.4) is 0 Å². The van der Waals surface area contributed by atoms with Gasteiger partial charge >= 0.3 is 0 Å². The summed E-state index contributed by atoms with van der Waals surface area (Å²) in [5.41, 5.74) is 4.07. The number of hydrogen-bond donors (Lipinski definition) is 0. The lowest BCUT2D eigenvalue weighted by Gasteiger charge is -2.11. The summed E-state index contributed by atoms with van der Waals surface area (Å²) in [7, 11) is 0. The average Bonchev–Trinajstić information content (AvgIpc) is 2.43. The van der Waals surface area contributed by atoms with Gasteiger partial charge in [-0.2, -0.15) is 0 Å². The molecule has 1 aromatic heterocycles. The zero-order chi connectivity index (χ0) is 15.0. The molecule has 3 rings (SSSR count). The number of ether oxygens (including phenoxy) is 1. The van der Waals surface area contributed by atoms with E-state index in [1.165, 1.54) is 5.56 Å². The van der Waals surface area contributed by atoms with E-state index in [0.717, 1.165) is 38.7 Å². The van der Waals surface area contributed by atoms with E-state index in [4.69, 9.17) is 16.3 Å². The Hall–Kier alpha value is -2.06. The van der Waals surface area contributed by atoms with Crippen molar-refractivity contribution in [3.05, 3.63) is 64.3 Å². The van der Waals surface area contributed by atoms with Gasteiger partial charge in [0.1, 0.15) is 11.5 Å². The van der Waals surface area contributed by atoms with Gasteiger partial charge in [-0.1, -0.05) is 23.2 Å². The average molecular weight is 298 g/mol. The monoisotopic (exact) mass is 297 g/mol. The maximum absolute atomic E-state index is 6.06. The molecule has 0 atom stereocenters. The van der Waals surface area contributed by atoms with Gasteiger partial charge in [-0.15, -0.1) is 0 Å². The van der Waals surface area contributed by atoms with Crippen LogP contribution in [-0.2, 0) is 0 Å². The first-order valence-corrected chi connectivity index (χ1v) is 7.23. The van der Waals surface area contributed by atoms with Crippen molar-refractivity contribution in [2.45, 2.75) is 20.8 Å². The van der Waals surface area contributed by atoms with Crippen LogP contribution in [0.25, 0.3) is 10.9 Å². The summed E-state index contributed by atoms with van der Waals surface area (Å²) in [5, 5.41) is 1.77. The molecule has 0 fully saturated rings. The fraction of sp³-hybridized carbons (Fsp3) is 0.167. The molecule has 0 bridgehead atoms. The Morgan fingerprint density at radius 3 is 2.52 bits per heavy atom. The Balaban J connectivity index is 2.10. The van der Waals surface area contributed by atoms with Crippen molar-refractivity contribution in [2.24, 2.45) is 0 Å². The van der Waals surface area contributed by atoms with E-state index in [0.29, 0.717) is 0 Å². The molecule has 0 aliphatic rings. The second kappa shape index (κ2) is 5.38. The number of hydrogen-bond acceptors (Lipinski definition) is 2. The number of benzene rings is 2. The normalized spacial score (nSPS) is 10.9. The third-order valence-corrected chi connectivity index (χ3v) is 3.84. The number of halogens is 1. The van der Waals surface area contributed by atoms with Crippen LogP contribution >= 0.6 is 11.6 Å². The summed E-state index contributed by atoms with van der Waals surface area (Å²) in [5.74, 6) is 1.60. The first kappa shape index (κ1) is 13.9. The van der Waals surface area contributed by atoms with Crippen LogP contribution in [0.2, 0.25) is 5.02 Å². The van der Waals surface area contributed by atoms with Crippen LogP contribution in [0.1, 0.15) is 16.8 Å². The van der Waals surface area contributed by atoms with E-state index >= 15 is 0 Å². The van der Waals surface area contributed by atoms with Gasteiger partial charge < -0.3 is 4.74 Å². The third-order valence-electron chi connectivity index (χ3n) is 3.41. The van der Waals surface area contributed by atoms with Crippen molar-refractivity contribution in [3.8, 4) is 11.5 Å². The number of nitrogens with zero attached hydrogens (tertiary/aromatic N) is 1. The molecule has 0 radical (unpaired) electrons. The summed E-state index contributed by atoms with van der Waals surface area (Å²) in [6.07, 6.45) is 0. The molecule has 0 spiro atoms. The molecule has 0 N–H and O–H groups in total. The highest BCUT2D eigenvalue weighted by Gasteiger charge is 2.08. The minimum Gasteiger partial charge on any atom is -0.457 e. The maximum Gasteiger partial charge on any atom is 0.138 e. The number of aryl methyl sites for hydroxylation is 3. The molecule has 0 saturated heterocycles. The molecule has 0 amide bonds. The van der Waals surface area contributed by atoms with Gasteiger partial charge in [0, 0.05) is 22.2 Å². The van der Waals surface area contributed by atoms with E-state index in [1.54, 1.807) is 0 Å². The van der Waals surface area contributed by atoms with Crippen molar-refractivity contribution < 1.29 is 4.74 Å². The lowest BCUT2D eigenvalue weighted by Crippen LogP contribution is -1.91. The van der Waals surface area contributed by atoms with Crippen LogP contribution in [0.5, 0.6) is 11.5 Å². The van der Waals surface area contributed by atoms with Crippen LogP contribution in [0, 0.1) is 20.8 Å². The van der Waals surface area contributed by atoms with Crippen LogP contribution in [-0.4, -0.2) is 4.98 Å². The van der Waals surface area contributed by atoms with Gasteiger partial charge in [-0.3, -0.25) is 4.98 Å². The van der Waals surface area contributed by atoms with Crippen LogP contribution in [0.15, 0.2) is 42.5 Å². The van der Waals surface area contributed by atoms with Crippen molar-refractivity contribution in [3.63, 3.8) is 0 Å². The summed E-state index contributed by atoms with van der Waals surface area (Å²) in [6, 6.07) is 13.8. The fourth-order valence-corrected chi connectivity index (χ4v) is 2.44. The Morgan fingerprint density at radius 1 is 0.952 bits per heavy atom. The standard InChI is InChI=1S/C18H16ClNO/c1-11-4-7-17-15(8-11)18(10-13(3)20-17)21-14-5-6-16(19)12(2)9-14/h4-10H,1-3H3. The Kier molecular flexibility index (Phi) is 3.56. The second-order valence-electron chi connectivity index (χ2n) is 5.30. The Labute approximate surface area is 129 Å². The van der Waals surface area contributed by atoms with Gasteiger partial charge in [0.2, 0.25) is 0 Å². The van der Waals surface area contributed by atoms with Gasteiger partial charge in [-0.25, -0.2) is 0 Å². The molecule has 1 heterocycles. The van der Waals surface area contributed by atoms with Gasteiger partial charge in [0.05, 0.1) is 5.52 Å². The molecular weight excluding hydrogens is 282 g/mol. The summed E-state index contributed by atoms with van der Waals surface area (Å²) in [4.78, 5) is 4.55. The second-order valence-corrected chi connectivity index (χ2v) is 5.70. The van der Waals surface area contributed by atoms with Crippen molar-refractivity contribution >= 4 is 22.5 Å². The molecule has 2 nitrogen and oxygen atoms in total. The van der Waals surface area contributed by atoms with Crippen molar-refractivity contribution in [1.29, 1.82) is 0 Å². The molecule has 0 aliphatic heterocycles. The highest BCUT2D eigenvalue weighted by molar-refractivity contribution is 6.31. The zero-order valence-electron chi connectivity index (χ0n) is 12.3. The lowest BCUT2D eigenvalue weighted by molar-refractivity contribution is 0.487. The Morgan fingerprint density at radius 2 is 1.76 bits per heavy atom. The summed E-state index contributed by atoms with van der Waals surface area (Å²) < 4.78 is 6.06. The zero-order valence-corrected chi connectivity index (χ0v) is 13.0. The van der Waals surface area contributed by atoms with E-state index in [9.17, 15) is 0 Å². The van der Waals surface area contributed by atoms with Gasteiger partial charge in [0.25, 0.3) is 0 Å². The van der Waals surface area contributed by atoms with Crippen LogP contribution in [0.4, 0.5) is 0 Å². The lowest BCUT2D eigenvalue weighted by atomic mass is 10.1. The third kappa shape index (κ3) is 2.86. The molecule has 21 heavy (non-hydrogen) atoms. The van der Waals surface area contributed by atoms with E-state index in [2.05, 4.69) is 24.0 Å². The molecule has 3 aromatic rings. The van der Waals surface area contributed by atoms with Gasteiger partial charge in [-0.05, 0) is 56.7 Å². The fourth-order valence-electron chi connectivity index (χ4n) is 2.33. The first-order chi connectivity index (χ1) is 10.0. The van der Waals surface area contributed by atoms with Crippen molar-refractivity contribution in [2.75, 3.05) is 0 Å². The van der Waals surface area contributed by atoms with Gasteiger partial charge in [0.15, 0.2) is 0 Å². The largest absolute Gasteiger partial charge is 0.457 e. The summed E-state index contributed by atoms with van der Waals surface area (Å²) in [6.45, 7) is 6.00. The van der Waals surface area contributed by atoms with E-state index < -0.39 is 0 Å². The van der Waals surface area contributed by atoms with E-state index in [1.807, 2.05) is 44.2 Å². The maximum atomic E-state index is 6.06. The molecule has 106 valence electrons. The first-order valence-electron chi connectivity index (χ1n) is 6.85. The predicted octanol–water partition coefficient (Wildman–Crippen LogP) is 5.61. The highest BCUT2D eigenvalue weighted by atomic mass is 35.5. The SMILES string of the molecule is Cc1ccc2nc(C)cc(Oc3ccc(Cl)c(C)c3)c2c1. The number of fused-ring (bicyclic) bond motifs is 1. The Bertz CT molecular complexity index is 827. The number of rotatable bonds is 2. The number of aromatic nitrogens is 1. The quantitative estimate of drug-likeness (QED) is 0.613. The summed E-state index contributed by atoms with van der Waals surface area (Å²) >= 11 is 6.06. The molecule has 0 unspecified atom stereocenters. The molecule has 2 aromatic carbocycles. The minimum absolute atomic E-state index is 0.744. The highest BCUT2D eigenvalue weighted by Crippen LogP contribution is 2.32. The topological polar surface area (TPSA) is 22.1 Å². The molecule has 0 saturated carbocycles.